The average molecular weight is 670 g/mol. The number of rotatable bonds is 5. The van der Waals surface area contributed by atoms with Crippen LogP contribution < -0.4 is 9.47 Å². The molecule has 2 aliphatic heterocycles. The van der Waals surface area contributed by atoms with Gasteiger partial charge in [-0.25, -0.2) is 8.42 Å². The lowest BCUT2D eigenvalue weighted by Gasteiger charge is -2.39. The Labute approximate surface area is 289 Å². The zero-order valence-electron chi connectivity index (χ0n) is 28.8. The predicted octanol–water partition coefficient (Wildman–Crippen LogP) is 8.98. The smallest absolute Gasteiger partial charge is 0.265 e. The molecule has 248 valence electrons. The third-order valence-corrected chi connectivity index (χ3v) is 10.9. The van der Waals surface area contributed by atoms with Crippen molar-refractivity contribution in [1.82, 2.24) is 4.31 Å². The lowest BCUT2D eigenvalue weighted by Crippen LogP contribution is -2.38. The number of nitriles is 2. The van der Waals surface area contributed by atoms with Crippen LogP contribution in [0.15, 0.2) is 107 Å². The average Bonchev–Trinajstić information content (AvgIpc) is 3.54. The molecule has 1 atom stereocenters. The van der Waals surface area contributed by atoms with Crippen molar-refractivity contribution in [3.05, 3.63) is 136 Å². The topological polar surface area (TPSA) is 103 Å². The maximum Gasteiger partial charge on any atom is 0.265 e. The normalized spacial score (nSPS) is 16.4. The molecule has 0 fully saturated rings. The summed E-state index contributed by atoms with van der Waals surface area (Å²) in [5.41, 5.74) is 5.20. The van der Waals surface area contributed by atoms with E-state index >= 15 is 8.42 Å². The fraction of sp³-hybridized carbons (Fsp3) is 0.268. The van der Waals surface area contributed by atoms with Gasteiger partial charge < -0.3 is 9.47 Å². The summed E-state index contributed by atoms with van der Waals surface area (Å²) < 4.78 is 42.6. The summed E-state index contributed by atoms with van der Waals surface area (Å²) in [5, 5.41) is 22.0. The van der Waals surface area contributed by atoms with Gasteiger partial charge in [-0.05, 0) is 70.3 Å². The monoisotopic (exact) mass is 669 g/mol. The number of hydrogen-bond donors (Lipinski definition) is 0. The van der Waals surface area contributed by atoms with Crippen molar-refractivity contribution in [1.29, 1.82) is 10.5 Å². The molecule has 6 rings (SSSR count). The summed E-state index contributed by atoms with van der Waals surface area (Å²) in [5.74, 6) is 0.958. The number of fused-ring (bicyclic) bond motifs is 1. The van der Waals surface area contributed by atoms with Crippen LogP contribution in [0.3, 0.4) is 0 Å². The minimum Gasteiger partial charge on any atom is -0.454 e. The van der Waals surface area contributed by atoms with Crippen LogP contribution in [0.2, 0.25) is 0 Å². The summed E-state index contributed by atoms with van der Waals surface area (Å²) >= 11 is 0. The fourth-order valence-electron chi connectivity index (χ4n) is 6.27. The lowest BCUT2D eigenvalue weighted by molar-refractivity contribution is 0.174. The van der Waals surface area contributed by atoms with E-state index in [0.29, 0.717) is 33.8 Å². The molecule has 0 amide bonds. The summed E-state index contributed by atoms with van der Waals surface area (Å²) in [6, 6.07) is 30.9. The molecule has 4 aromatic carbocycles. The first-order chi connectivity index (χ1) is 23.1. The number of allylic oxidation sites excluding steroid dienone is 2. The molecule has 0 bridgehead atoms. The molecule has 0 saturated carbocycles. The molecule has 2 aliphatic rings. The predicted molar refractivity (Wildman–Crippen MR) is 191 cm³/mol. The Morgan fingerprint density at radius 3 is 1.82 bits per heavy atom. The first-order valence-corrected chi connectivity index (χ1v) is 17.6. The van der Waals surface area contributed by atoms with Gasteiger partial charge in [0.1, 0.15) is 12.1 Å². The minimum absolute atomic E-state index is 0.0287. The first kappa shape index (κ1) is 33.6. The summed E-state index contributed by atoms with van der Waals surface area (Å²) in [4.78, 5) is 0.0419. The molecule has 8 heteroatoms. The van der Waals surface area contributed by atoms with E-state index in [4.69, 9.17) is 9.47 Å². The number of hydrogen-bond acceptors (Lipinski definition) is 6. The van der Waals surface area contributed by atoms with Crippen molar-refractivity contribution in [2.45, 2.75) is 70.2 Å². The van der Waals surface area contributed by atoms with Crippen LogP contribution in [0.25, 0.3) is 11.3 Å². The Hall–Kier alpha value is -5.31. The van der Waals surface area contributed by atoms with E-state index in [1.807, 2.05) is 55.5 Å². The van der Waals surface area contributed by atoms with Crippen LogP contribution in [0, 0.1) is 29.6 Å². The van der Waals surface area contributed by atoms with Crippen LogP contribution >= 0.6 is 0 Å². The summed E-state index contributed by atoms with van der Waals surface area (Å²) in [7, 11) is -4.38. The molecule has 0 aliphatic carbocycles. The minimum atomic E-state index is -4.38. The van der Waals surface area contributed by atoms with E-state index in [-0.39, 0.29) is 39.4 Å². The maximum atomic E-state index is 15.0. The summed E-state index contributed by atoms with van der Waals surface area (Å²) in [6.07, 6.45) is 0. The van der Waals surface area contributed by atoms with Gasteiger partial charge in [-0.3, -0.25) is 4.31 Å². The quantitative estimate of drug-likeness (QED) is 0.210. The highest BCUT2D eigenvalue weighted by Crippen LogP contribution is 2.51. The van der Waals surface area contributed by atoms with Gasteiger partial charge in [0.2, 0.25) is 6.79 Å². The van der Waals surface area contributed by atoms with Crippen LogP contribution in [0.4, 0.5) is 0 Å². The Morgan fingerprint density at radius 1 is 0.714 bits per heavy atom. The van der Waals surface area contributed by atoms with Gasteiger partial charge in [0.25, 0.3) is 10.0 Å². The third kappa shape index (κ3) is 6.09. The van der Waals surface area contributed by atoms with Gasteiger partial charge in [-0.1, -0.05) is 108 Å². The third-order valence-electron chi connectivity index (χ3n) is 9.07. The summed E-state index contributed by atoms with van der Waals surface area (Å²) in [6.45, 7) is 14.6. The van der Waals surface area contributed by atoms with Crippen molar-refractivity contribution >= 4 is 21.3 Å². The van der Waals surface area contributed by atoms with Crippen molar-refractivity contribution < 1.29 is 17.9 Å². The van der Waals surface area contributed by atoms with Gasteiger partial charge in [0.15, 0.2) is 11.5 Å². The van der Waals surface area contributed by atoms with Crippen molar-refractivity contribution in [3.8, 4) is 23.6 Å². The molecule has 4 aromatic rings. The maximum absolute atomic E-state index is 15.0. The Bertz CT molecular complexity index is 2190. The van der Waals surface area contributed by atoms with Crippen LogP contribution in [-0.4, -0.2) is 19.5 Å². The number of benzene rings is 4. The second-order valence-electron chi connectivity index (χ2n) is 14.5. The molecule has 49 heavy (non-hydrogen) atoms. The van der Waals surface area contributed by atoms with Gasteiger partial charge in [0, 0.05) is 11.1 Å². The first-order valence-electron chi connectivity index (χ1n) is 16.2. The van der Waals surface area contributed by atoms with Gasteiger partial charge in [-0.2, -0.15) is 10.5 Å². The Balaban J connectivity index is 1.72. The highest BCUT2D eigenvalue weighted by atomic mass is 32.2. The second-order valence-corrected chi connectivity index (χ2v) is 16.3. The number of aryl methyl sites for hydroxylation is 1. The highest BCUT2D eigenvalue weighted by molar-refractivity contribution is 7.89. The zero-order valence-corrected chi connectivity index (χ0v) is 29.6. The van der Waals surface area contributed by atoms with E-state index in [0.717, 1.165) is 16.7 Å². The molecule has 0 saturated heterocycles. The van der Waals surface area contributed by atoms with Crippen molar-refractivity contribution in [2.75, 3.05) is 6.79 Å². The molecule has 1 unspecified atom stereocenters. The van der Waals surface area contributed by atoms with Crippen LogP contribution in [0.5, 0.6) is 11.5 Å². The number of ether oxygens (including phenoxy) is 2. The van der Waals surface area contributed by atoms with E-state index in [1.165, 1.54) is 4.31 Å². The highest BCUT2D eigenvalue weighted by Gasteiger charge is 2.44. The van der Waals surface area contributed by atoms with E-state index in [2.05, 4.69) is 53.7 Å². The zero-order chi connectivity index (χ0) is 35.3. The van der Waals surface area contributed by atoms with E-state index in [1.54, 1.807) is 42.5 Å². The van der Waals surface area contributed by atoms with Crippen LogP contribution in [-0.2, 0) is 20.9 Å². The molecule has 0 spiro atoms. The molecular weight excluding hydrogens is 631 g/mol. The van der Waals surface area contributed by atoms with E-state index < -0.39 is 16.1 Å². The van der Waals surface area contributed by atoms with E-state index in [9.17, 15) is 10.5 Å². The molecule has 7 nitrogen and oxygen atoms in total. The Kier molecular flexibility index (Phi) is 8.43. The lowest BCUT2D eigenvalue weighted by atomic mass is 9.80. The molecule has 2 heterocycles. The fourth-order valence-corrected chi connectivity index (χ4v) is 7.92. The molecular formula is C41H39N3O4S. The molecule has 0 N–H and O–H groups in total. The second kappa shape index (κ2) is 12.3. The SMILES string of the molecule is Cc1ccc(S(=O)(=O)N2C(c3ccc4c(c3)OCO4)=C(C#N)C(c3ccc(C(C)(C)C)cc3)=C(C#N)C2c2ccc(C(C)(C)C)cc2)cc1. The van der Waals surface area contributed by atoms with Gasteiger partial charge >= 0.3 is 0 Å². The molecule has 0 radical (unpaired) electrons. The van der Waals surface area contributed by atoms with Crippen LogP contribution in [0.1, 0.15) is 81.0 Å². The van der Waals surface area contributed by atoms with Crippen molar-refractivity contribution in [3.63, 3.8) is 0 Å². The van der Waals surface area contributed by atoms with Crippen molar-refractivity contribution in [2.24, 2.45) is 0 Å². The largest absolute Gasteiger partial charge is 0.454 e. The number of sulfonamides is 1. The molecule has 0 aromatic heterocycles. The standard InChI is InChI=1S/C41H39N3O4S/c1-26-8-19-32(20-9-26)49(45,46)44-38(28-12-17-31(18-13-28)41(5,6)7)33(23-42)37(27-10-15-30(16-11-27)40(2,3)4)34(24-43)39(44)29-14-21-35-36(22-29)48-25-47-35/h8-22,38H,25H2,1-7H3. The van der Waals surface area contributed by atoms with Gasteiger partial charge in [0.05, 0.1) is 27.8 Å². The Morgan fingerprint density at radius 2 is 1.27 bits per heavy atom. The number of nitrogens with zero attached hydrogens (tertiary/aromatic N) is 3. The van der Waals surface area contributed by atoms with Gasteiger partial charge in [-0.15, -0.1) is 0 Å².